The molecule has 1 aliphatic heterocycles. The second-order valence-electron chi connectivity index (χ2n) is 2.59. The van der Waals surface area contributed by atoms with Gasteiger partial charge in [-0.05, 0) is 19.3 Å². The highest BCUT2D eigenvalue weighted by molar-refractivity contribution is 14.1. The number of alkyl halides is 1. The minimum atomic E-state index is 0.574. The van der Waals surface area contributed by atoms with E-state index in [9.17, 15) is 0 Å². The molecule has 0 aromatic carbocycles. The van der Waals surface area contributed by atoms with E-state index in [2.05, 4.69) is 29.2 Å². The van der Waals surface area contributed by atoms with E-state index >= 15 is 0 Å². The van der Waals surface area contributed by atoms with E-state index in [0.29, 0.717) is 12.2 Å². The monoisotopic (exact) mass is 252 g/mol. The minimum absolute atomic E-state index is 0.574. The summed E-state index contributed by atoms with van der Waals surface area (Å²) in [5.74, 6) is 0. The van der Waals surface area contributed by atoms with Crippen LogP contribution in [0.25, 0.3) is 0 Å². The maximum atomic E-state index is 5.37. The molecule has 0 amide bonds. The summed E-state index contributed by atoms with van der Waals surface area (Å²) in [5, 5.41) is 0. The molecular weight excluding hydrogens is 239 g/mol. The number of rotatable bonds is 5. The van der Waals surface area contributed by atoms with Crippen molar-refractivity contribution in [3.05, 3.63) is 12.7 Å². The third-order valence-electron chi connectivity index (χ3n) is 1.74. The Morgan fingerprint density at radius 1 is 1.50 bits per heavy atom. The first-order valence-corrected chi connectivity index (χ1v) is 5.23. The fraction of sp³-hybridized carbons (Fsp3) is 0.750. The van der Waals surface area contributed by atoms with Crippen LogP contribution in [0.3, 0.4) is 0 Å². The molecule has 0 aliphatic carbocycles. The average Bonchev–Trinajstić information content (AvgIpc) is 2.68. The first kappa shape index (κ1) is 8.53. The van der Waals surface area contributed by atoms with Crippen molar-refractivity contribution in [2.45, 2.75) is 31.5 Å². The Morgan fingerprint density at radius 3 is 2.80 bits per heavy atom. The molecular formula is C8H13IO. The van der Waals surface area contributed by atoms with Crippen molar-refractivity contribution in [1.29, 1.82) is 0 Å². The fourth-order valence-electron chi connectivity index (χ4n) is 1.03. The molecule has 10 heavy (non-hydrogen) atoms. The topological polar surface area (TPSA) is 12.5 Å². The van der Waals surface area contributed by atoms with Crippen molar-refractivity contribution >= 4 is 22.6 Å². The van der Waals surface area contributed by atoms with Crippen LogP contribution in [0.4, 0.5) is 0 Å². The van der Waals surface area contributed by atoms with Gasteiger partial charge in [-0.25, -0.2) is 0 Å². The number of hydrogen-bond acceptors (Lipinski definition) is 1. The number of ether oxygens (including phenoxy) is 1. The zero-order valence-corrected chi connectivity index (χ0v) is 8.21. The van der Waals surface area contributed by atoms with Gasteiger partial charge in [0.25, 0.3) is 0 Å². The molecule has 0 saturated carbocycles. The first-order chi connectivity index (χ1) is 4.88. The van der Waals surface area contributed by atoms with Crippen LogP contribution in [0, 0.1) is 0 Å². The zero-order chi connectivity index (χ0) is 7.40. The molecule has 1 fully saturated rings. The SMILES string of the molecule is C=CCCCC1OC1CI. The smallest absolute Gasteiger partial charge is 0.0931 e. The molecule has 2 heteroatoms. The molecule has 0 spiro atoms. The molecule has 0 aromatic rings. The van der Waals surface area contributed by atoms with Crippen LogP contribution in [-0.2, 0) is 4.74 Å². The molecule has 0 bridgehead atoms. The molecule has 1 rings (SSSR count). The van der Waals surface area contributed by atoms with Gasteiger partial charge in [-0.3, -0.25) is 0 Å². The number of halogens is 1. The second-order valence-corrected chi connectivity index (χ2v) is 3.47. The highest BCUT2D eigenvalue weighted by atomic mass is 127. The summed E-state index contributed by atoms with van der Waals surface area (Å²) >= 11 is 2.37. The Labute approximate surface area is 76.0 Å². The molecule has 1 aliphatic rings. The highest BCUT2D eigenvalue weighted by Crippen LogP contribution is 2.28. The van der Waals surface area contributed by atoms with Crippen LogP contribution in [0.1, 0.15) is 19.3 Å². The van der Waals surface area contributed by atoms with Crippen LogP contribution in [0.2, 0.25) is 0 Å². The van der Waals surface area contributed by atoms with Crippen molar-refractivity contribution in [3.63, 3.8) is 0 Å². The lowest BCUT2D eigenvalue weighted by Crippen LogP contribution is -1.93. The molecule has 1 saturated heterocycles. The molecule has 0 aromatic heterocycles. The number of epoxide rings is 1. The maximum Gasteiger partial charge on any atom is 0.0931 e. The van der Waals surface area contributed by atoms with Crippen LogP contribution < -0.4 is 0 Å². The number of unbranched alkanes of at least 4 members (excludes halogenated alkanes) is 1. The van der Waals surface area contributed by atoms with E-state index in [1.807, 2.05) is 6.08 Å². The molecule has 1 heterocycles. The Kier molecular flexibility index (Phi) is 3.70. The van der Waals surface area contributed by atoms with Gasteiger partial charge < -0.3 is 4.74 Å². The number of hydrogen-bond donors (Lipinski definition) is 0. The summed E-state index contributed by atoms with van der Waals surface area (Å²) in [6.07, 6.45) is 6.72. The zero-order valence-electron chi connectivity index (χ0n) is 6.05. The van der Waals surface area contributed by atoms with Gasteiger partial charge in [-0.2, -0.15) is 0 Å². The lowest BCUT2D eigenvalue weighted by Gasteiger charge is -1.89. The van der Waals surface area contributed by atoms with E-state index in [4.69, 9.17) is 4.74 Å². The van der Waals surface area contributed by atoms with Gasteiger partial charge >= 0.3 is 0 Å². The number of allylic oxidation sites excluding steroid dienone is 1. The predicted molar refractivity (Wildman–Crippen MR) is 51.6 cm³/mol. The Morgan fingerprint density at radius 2 is 2.30 bits per heavy atom. The third kappa shape index (κ3) is 2.58. The Bertz CT molecular complexity index is 114. The van der Waals surface area contributed by atoms with Gasteiger partial charge in [0.1, 0.15) is 0 Å². The van der Waals surface area contributed by atoms with Crippen molar-refractivity contribution in [2.75, 3.05) is 4.43 Å². The molecule has 0 N–H and O–H groups in total. The van der Waals surface area contributed by atoms with Gasteiger partial charge in [0, 0.05) is 4.43 Å². The van der Waals surface area contributed by atoms with Gasteiger partial charge in [0.15, 0.2) is 0 Å². The lowest BCUT2D eigenvalue weighted by atomic mass is 10.1. The summed E-state index contributed by atoms with van der Waals surface area (Å²) in [6, 6.07) is 0. The van der Waals surface area contributed by atoms with Gasteiger partial charge in [-0.15, -0.1) is 6.58 Å². The lowest BCUT2D eigenvalue weighted by molar-refractivity contribution is 0.370. The summed E-state index contributed by atoms with van der Waals surface area (Å²) in [6.45, 7) is 3.67. The summed E-state index contributed by atoms with van der Waals surface area (Å²) in [5.41, 5.74) is 0. The minimum Gasteiger partial charge on any atom is -0.369 e. The van der Waals surface area contributed by atoms with Crippen molar-refractivity contribution < 1.29 is 4.74 Å². The Balaban J connectivity index is 1.91. The van der Waals surface area contributed by atoms with E-state index < -0.39 is 0 Å². The summed E-state index contributed by atoms with van der Waals surface area (Å²) in [4.78, 5) is 0. The quantitative estimate of drug-likeness (QED) is 0.241. The largest absolute Gasteiger partial charge is 0.369 e. The van der Waals surface area contributed by atoms with E-state index in [-0.39, 0.29) is 0 Å². The normalized spacial score (nSPS) is 30.1. The average molecular weight is 252 g/mol. The molecule has 1 nitrogen and oxygen atoms in total. The van der Waals surface area contributed by atoms with Gasteiger partial charge in [0.05, 0.1) is 12.2 Å². The van der Waals surface area contributed by atoms with Crippen molar-refractivity contribution in [2.24, 2.45) is 0 Å². The molecule has 2 unspecified atom stereocenters. The first-order valence-electron chi connectivity index (χ1n) is 3.70. The predicted octanol–water partition coefficient (Wildman–Crippen LogP) is 2.55. The molecule has 2 atom stereocenters. The second kappa shape index (κ2) is 4.34. The van der Waals surface area contributed by atoms with E-state index in [0.717, 1.165) is 10.8 Å². The van der Waals surface area contributed by atoms with Crippen LogP contribution in [-0.4, -0.2) is 16.6 Å². The van der Waals surface area contributed by atoms with Crippen molar-refractivity contribution in [1.82, 2.24) is 0 Å². The highest BCUT2D eigenvalue weighted by Gasteiger charge is 2.36. The fourth-order valence-corrected chi connectivity index (χ4v) is 1.81. The summed E-state index contributed by atoms with van der Waals surface area (Å²) in [7, 11) is 0. The summed E-state index contributed by atoms with van der Waals surface area (Å²) < 4.78 is 6.52. The van der Waals surface area contributed by atoms with Crippen molar-refractivity contribution in [3.8, 4) is 0 Å². The maximum absolute atomic E-state index is 5.37. The van der Waals surface area contributed by atoms with E-state index in [1.165, 1.54) is 12.8 Å². The van der Waals surface area contributed by atoms with Gasteiger partial charge in [0.2, 0.25) is 0 Å². The van der Waals surface area contributed by atoms with Crippen LogP contribution in [0.15, 0.2) is 12.7 Å². The van der Waals surface area contributed by atoms with Gasteiger partial charge in [-0.1, -0.05) is 28.7 Å². The Hall–Kier alpha value is 0.430. The van der Waals surface area contributed by atoms with E-state index in [1.54, 1.807) is 0 Å². The third-order valence-corrected chi connectivity index (χ3v) is 2.60. The molecule has 58 valence electrons. The molecule has 0 radical (unpaired) electrons. The van der Waals surface area contributed by atoms with Crippen LogP contribution >= 0.6 is 22.6 Å². The standard InChI is InChI=1S/C8H13IO/c1-2-3-4-5-7-8(6-9)10-7/h2,7-8H,1,3-6H2. The van der Waals surface area contributed by atoms with Crippen LogP contribution in [0.5, 0.6) is 0 Å².